The Morgan fingerprint density at radius 2 is 2.12 bits per heavy atom. The molecule has 4 nitrogen and oxygen atoms in total. The second-order valence-electron chi connectivity index (χ2n) is 3.77. The van der Waals surface area contributed by atoms with Crippen molar-refractivity contribution in [2.24, 2.45) is 0 Å². The molecule has 0 aliphatic carbocycles. The lowest BCUT2D eigenvalue weighted by atomic mass is 10.2. The minimum absolute atomic E-state index is 0.184. The van der Waals surface area contributed by atoms with Crippen LogP contribution >= 0.6 is 15.9 Å². The molecule has 7 heteroatoms. The first-order valence-corrected chi connectivity index (χ1v) is 7.03. The highest BCUT2D eigenvalue weighted by atomic mass is 79.9. The average Bonchev–Trinajstić information content (AvgIpc) is 2.57. The van der Waals surface area contributed by atoms with E-state index < -0.39 is 15.1 Å². The zero-order chi connectivity index (χ0) is 12.8. The quantitative estimate of drug-likeness (QED) is 0.743. The van der Waals surface area contributed by atoms with Gasteiger partial charge in [-0.25, -0.2) is 0 Å². The van der Waals surface area contributed by atoms with Gasteiger partial charge in [0.25, 0.3) is 0 Å². The van der Waals surface area contributed by atoms with E-state index in [0.717, 1.165) is 5.56 Å². The molecule has 92 valence electrons. The molecule has 0 fully saturated rings. The number of benzene rings is 1. The number of carbonyl (C=O) groups is 1. The van der Waals surface area contributed by atoms with E-state index in [0.29, 0.717) is 18.7 Å². The summed E-state index contributed by atoms with van der Waals surface area (Å²) in [5.74, 6) is -0.187. The van der Waals surface area contributed by atoms with Gasteiger partial charge in [0.1, 0.15) is 4.90 Å². The summed E-state index contributed by atoms with van der Waals surface area (Å²) in [6, 6.07) is 2.74. The van der Waals surface area contributed by atoms with Gasteiger partial charge in [0.15, 0.2) is 0 Å². The van der Waals surface area contributed by atoms with Crippen molar-refractivity contribution in [3.8, 4) is 0 Å². The van der Waals surface area contributed by atoms with Gasteiger partial charge in [0.05, 0.1) is 0 Å². The minimum Gasteiger partial charge on any atom is -0.312 e. The number of hydrogen-bond donors (Lipinski definition) is 0. The largest absolute Gasteiger partial charge is 0.333 e. The van der Waals surface area contributed by atoms with Crippen molar-refractivity contribution in [2.45, 2.75) is 18.2 Å². The molecule has 0 aromatic heterocycles. The SMILES string of the molecule is CC(=O)N1CCc2cc(Br)c(S(=O)(=O)F)cc21. The number of anilines is 1. The van der Waals surface area contributed by atoms with Gasteiger partial charge in [-0.2, -0.15) is 8.42 Å². The van der Waals surface area contributed by atoms with Crippen LogP contribution in [-0.2, 0) is 21.4 Å². The molecule has 0 saturated carbocycles. The topological polar surface area (TPSA) is 54.5 Å². The molecule has 17 heavy (non-hydrogen) atoms. The van der Waals surface area contributed by atoms with Crippen LogP contribution in [0.2, 0.25) is 0 Å². The van der Waals surface area contributed by atoms with E-state index in [9.17, 15) is 17.1 Å². The number of fused-ring (bicyclic) bond motifs is 1. The van der Waals surface area contributed by atoms with Gasteiger partial charge >= 0.3 is 10.2 Å². The van der Waals surface area contributed by atoms with E-state index >= 15 is 0 Å². The van der Waals surface area contributed by atoms with Crippen LogP contribution < -0.4 is 4.90 Å². The monoisotopic (exact) mass is 321 g/mol. The summed E-state index contributed by atoms with van der Waals surface area (Å²) in [7, 11) is -4.79. The minimum atomic E-state index is -4.79. The second kappa shape index (κ2) is 4.06. The zero-order valence-corrected chi connectivity index (χ0v) is 11.3. The fraction of sp³-hybridized carbons (Fsp3) is 0.300. The molecule has 1 aromatic rings. The summed E-state index contributed by atoms with van der Waals surface area (Å²) in [6.07, 6.45) is 0.639. The molecule has 1 amide bonds. The van der Waals surface area contributed by atoms with E-state index in [1.54, 1.807) is 6.07 Å². The van der Waals surface area contributed by atoms with Crippen LogP contribution in [0.15, 0.2) is 21.5 Å². The number of hydrogen-bond acceptors (Lipinski definition) is 3. The van der Waals surface area contributed by atoms with Gasteiger partial charge in [-0.05, 0) is 40.0 Å². The fourth-order valence-electron chi connectivity index (χ4n) is 1.90. The Morgan fingerprint density at radius 3 is 2.65 bits per heavy atom. The summed E-state index contributed by atoms with van der Waals surface area (Å²) in [5, 5.41) is 0. The Kier molecular flexibility index (Phi) is 2.99. The first-order valence-electron chi connectivity index (χ1n) is 4.86. The Balaban J connectivity index is 2.63. The molecule has 1 heterocycles. The number of amides is 1. The van der Waals surface area contributed by atoms with Crippen molar-refractivity contribution in [1.29, 1.82) is 0 Å². The molecule has 0 atom stereocenters. The molecule has 1 aromatic carbocycles. The van der Waals surface area contributed by atoms with Crippen LogP contribution in [0.3, 0.4) is 0 Å². The maximum absolute atomic E-state index is 13.0. The maximum Gasteiger partial charge on any atom is 0.333 e. The van der Waals surface area contributed by atoms with Crippen molar-refractivity contribution >= 4 is 37.7 Å². The predicted octanol–water partition coefficient (Wildman–Crippen LogP) is 2.02. The lowest BCUT2D eigenvalue weighted by Gasteiger charge is -2.15. The van der Waals surface area contributed by atoms with E-state index in [1.165, 1.54) is 17.9 Å². The van der Waals surface area contributed by atoms with Crippen LogP contribution in [0.25, 0.3) is 0 Å². The van der Waals surface area contributed by atoms with Crippen LogP contribution in [-0.4, -0.2) is 20.9 Å². The van der Waals surface area contributed by atoms with Crippen molar-refractivity contribution < 1.29 is 17.1 Å². The van der Waals surface area contributed by atoms with Gasteiger partial charge in [-0.1, -0.05) is 0 Å². The number of halogens is 2. The van der Waals surface area contributed by atoms with Gasteiger partial charge in [0.2, 0.25) is 5.91 Å². The van der Waals surface area contributed by atoms with Gasteiger partial charge in [-0.3, -0.25) is 4.79 Å². The van der Waals surface area contributed by atoms with Crippen molar-refractivity contribution in [1.82, 2.24) is 0 Å². The maximum atomic E-state index is 13.0. The molecule has 0 unspecified atom stereocenters. The summed E-state index contributed by atoms with van der Waals surface area (Å²) in [4.78, 5) is 12.3. The molecule has 1 aliphatic rings. The lowest BCUT2D eigenvalue weighted by molar-refractivity contribution is -0.116. The molecule has 0 saturated heterocycles. The van der Waals surface area contributed by atoms with Gasteiger partial charge < -0.3 is 4.90 Å². The number of nitrogens with zero attached hydrogens (tertiary/aromatic N) is 1. The first-order chi connectivity index (χ1) is 7.80. The van der Waals surface area contributed by atoms with Gasteiger partial charge in [-0.15, -0.1) is 3.89 Å². The van der Waals surface area contributed by atoms with E-state index in [2.05, 4.69) is 15.9 Å². The van der Waals surface area contributed by atoms with Crippen LogP contribution in [0.4, 0.5) is 9.57 Å². The average molecular weight is 322 g/mol. The zero-order valence-electron chi connectivity index (χ0n) is 8.91. The number of carbonyl (C=O) groups excluding carboxylic acids is 1. The Hall–Kier alpha value is -0.950. The van der Waals surface area contributed by atoms with Crippen LogP contribution in [0.5, 0.6) is 0 Å². The normalized spacial score (nSPS) is 14.9. The molecular formula is C10H9BrFNO3S. The second-order valence-corrected chi connectivity index (χ2v) is 5.94. The third-order valence-corrected chi connectivity index (χ3v) is 4.45. The Morgan fingerprint density at radius 1 is 1.47 bits per heavy atom. The predicted molar refractivity (Wildman–Crippen MR) is 64.2 cm³/mol. The number of rotatable bonds is 1. The van der Waals surface area contributed by atoms with Crippen molar-refractivity contribution in [2.75, 3.05) is 11.4 Å². The first kappa shape index (κ1) is 12.5. The highest BCUT2D eigenvalue weighted by molar-refractivity contribution is 9.10. The Labute approximate surface area is 107 Å². The Bertz CT molecular complexity index is 600. The molecule has 0 radical (unpaired) electrons. The third-order valence-electron chi connectivity index (χ3n) is 2.67. The highest BCUT2D eigenvalue weighted by Crippen LogP contribution is 2.35. The lowest BCUT2D eigenvalue weighted by Crippen LogP contribution is -2.25. The van der Waals surface area contributed by atoms with E-state index in [4.69, 9.17) is 0 Å². The molecular weight excluding hydrogens is 313 g/mol. The fourth-order valence-corrected chi connectivity index (χ4v) is 3.42. The molecule has 0 spiro atoms. The van der Waals surface area contributed by atoms with E-state index in [1.807, 2.05) is 0 Å². The standard InChI is InChI=1S/C10H9BrFNO3S/c1-6(14)13-3-2-7-4-8(11)10(5-9(7)13)17(12,15)16/h4-5H,2-3H2,1H3. The molecule has 1 aliphatic heterocycles. The molecule has 0 N–H and O–H groups in total. The highest BCUT2D eigenvalue weighted by Gasteiger charge is 2.27. The summed E-state index contributed by atoms with van der Waals surface area (Å²) < 4.78 is 35.1. The summed E-state index contributed by atoms with van der Waals surface area (Å²) in [5.41, 5.74) is 1.30. The molecule has 2 rings (SSSR count). The third kappa shape index (κ3) is 2.21. The smallest absolute Gasteiger partial charge is 0.312 e. The van der Waals surface area contributed by atoms with Crippen LogP contribution in [0, 0.1) is 0 Å². The van der Waals surface area contributed by atoms with E-state index in [-0.39, 0.29) is 10.4 Å². The van der Waals surface area contributed by atoms with Gasteiger partial charge in [0, 0.05) is 23.6 Å². The van der Waals surface area contributed by atoms with Crippen LogP contribution in [0.1, 0.15) is 12.5 Å². The van der Waals surface area contributed by atoms with Crippen molar-refractivity contribution in [3.63, 3.8) is 0 Å². The summed E-state index contributed by atoms with van der Waals surface area (Å²) >= 11 is 3.02. The summed E-state index contributed by atoms with van der Waals surface area (Å²) in [6.45, 7) is 1.88. The molecule has 0 bridgehead atoms. The van der Waals surface area contributed by atoms with Crippen molar-refractivity contribution in [3.05, 3.63) is 22.2 Å².